The molecule has 0 bridgehead atoms. The van der Waals surface area contributed by atoms with E-state index in [1.165, 1.54) is 0 Å². The van der Waals surface area contributed by atoms with E-state index in [2.05, 4.69) is 34.2 Å². The molecule has 0 fully saturated rings. The van der Waals surface area contributed by atoms with Crippen LogP contribution in [0.25, 0.3) is 0 Å². The predicted octanol–water partition coefficient (Wildman–Crippen LogP) is 3.41. The number of halogens is 1. The van der Waals surface area contributed by atoms with Crippen LogP contribution in [-0.4, -0.2) is 12.5 Å². The van der Waals surface area contributed by atoms with Crippen LogP contribution >= 0.6 is 15.9 Å². The molecule has 0 saturated carbocycles. The first-order valence-corrected chi connectivity index (χ1v) is 7.59. The maximum atomic E-state index is 11.9. The van der Waals surface area contributed by atoms with Gasteiger partial charge in [-0.3, -0.25) is 4.79 Å². The topological polar surface area (TPSA) is 78.9 Å². The average Bonchev–Trinajstić information content (AvgIpc) is 2.45. The highest BCUT2D eigenvalue weighted by Crippen LogP contribution is 2.24. The highest BCUT2D eigenvalue weighted by atomic mass is 79.9. The minimum Gasteiger partial charge on any atom is -0.330 e. The maximum absolute atomic E-state index is 11.9. The van der Waals surface area contributed by atoms with Crippen LogP contribution in [0.1, 0.15) is 38.2 Å². The molecule has 20 heavy (non-hydrogen) atoms. The van der Waals surface area contributed by atoms with Gasteiger partial charge in [0.05, 0.1) is 17.3 Å². The third-order valence-electron chi connectivity index (χ3n) is 3.30. The molecule has 108 valence electrons. The molecule has 4 nitrogen and oxygen atoms in total. The number of carbonyl (C=O) groups is 1. The molecule has 0 saturated heterocycles. The summed E-state index contributed by atoms with van der Waals surface area (Å²) in [6.07, 6.45) is 3.35. The lowest BCUT2D eigenvalue weighted by Crippen LogP contribution is -2.15. The van der Waals surface area contributed by atoms with E-state index in [-0.39, 0.29) is 5.91 Å². The fourth-order valence-corrected chi connectivity index (χ4v) is 2.50. The monoisotopic (exact) mass is 337 g/mol. The molecule has 1 atom stereocenters. The van der Waals surface area contributed by atoms with E-state index in [0.29, 0.717) is 30.1 Å². The normalized spacial score (nSPS) is 11.7. The van der Waals surface area contributed by atoms with Crippen LogP contribution in [0.15, 0.2) is 22.7 Å². The highest BCUT2D eigenvalue weighted by molar-refractivity contribution is 9.10. The summed E-state index contributed by atoms with van der Waals surface area (Å²) in [6.45, 7) is 2.79. The molecule has 0 aromatic heterocycles. The van der Waals surface area contributed by atoms with E-state index < -0.39 is 0 Å². The van der Waals surface area contributed by atoms with Gasteiger partial charge in [0.1, 0.15) is 0 Å². The zero-order valence-corrected chi connectivity index (χ0v) is 13.2. The number of amides is 1. The summed E-state index contributed by atoms with van der Waals surface area (Å²) in [5.74, 6) is 0.501. The molecule has 1 unspecified atom stereocenters. The van der Waals surface area contributed by atoms with Crippen LogP contribution in [0.3, 0.4) is 0 Å². The number of anilines is 1. The molecular weight excluding hydrogens is 318 g/mol. The SMILES string of the molecule is CCC(CCN)CCC(=O)Nc1ccc(C#N)cc1Br. The Morgan fingerprint density at radius 1 is 1.50 bits per heavy atom. The minimum atomic E-state index is -0.00845. The van der Waals surface area contributed by atoms with Gasteiger partial charge in [0.25, 0.3) is 0 Å². The van der Waals surface area contributed by atoms with Crippen molar-refractivity contribution in [2.45, 2.75) is 32.6 Å². The van der Waals surface area contributed by atoms with Gasteiger partial charge in [-0.25, -0.2) is 0 Å². The van der Waals surface area contributed by atoms with Crippen molar-refractivity contribution in [2.75, 3.05) is 11.9 Å². The van der Waals surface area contributed by atoms with Crippen molar-refractivity contribution in [3.63, 3.8) is 0 Å². The van der Waals surface area contributed by atoms with Crippen LogP contribution in [0.2, 0.25) is 0 Å². The van der Waals surface area contributed by atoms with E-state index in [4.69, 9.17) is 11.0 Å². The number of carbonyl (C=O) groups excluding carboxylic acids is 1. The summed E-state index contributed by atoms with van der Waals surface area (Å²) in [7, 11) is 0. The van der Waals surface area contributed by atoms with E-state index in [1.807, 2.05) is 0 Å². The van der Waals surface area contributed by atoms with Crippen LogP contribution in [0, 0.1) is 17.2 Å². The van der Waals surface area contributed by atoms with Crippen molar-refractivity contribution in [1.82, 2.24) is 0 Å². The van der Waals surface area contributed by atoms with E-state index in [1.54, 1.807) is 18.2 Å². The Hall–Kier alpha value is -1.38. The molecule has 0 aliphatic rings. The van der Waals surface area contributed by atoms with E-state index in [9.17, 15) is 4.79 Å². The molecule has 1 aromatic rings. The summed E-state index contributed by atoms with van der Waals surface area (Å²) in [5.41, 5.74) is 6.80. The summed E-state index contributed by atoms with van der Waals surface area (Å²) < 4.78 is 0.721. The van der Waals surface area contributed by atoms with Crippen molar-refractivity contribution in [2.24, 2.45) is 11.7 Å². The number of hydrogen-bond donors (Lipinski definition) is 2. The summed E-state index contributed by atoms with van der Waals surface area (Å²) in [6, 6.07) is 7.17. The van der Waals surface area contributed by atoms with E-state index >= 15 is 0 Å². The second kappa shape index (κ2) is 8.72. The van der Waals surface area contributed by atoms with Gasteiger partial charge < -0.3 is 11.1 Å². The lowest BCUT2D eigenvalue weighted by atomic mass is 9.96. The highest BCUT2D eigenvalue weighted by Gasteiger charge is 2.10. The predicted molar refractivity (Wildman–Crippen MR) is 84.2 cm³/mol. The smallest absolute Gasteiger partial charge is 0.224 e. The van der Waals surface area contributed by atoms with Gasteiger partial charge in [0, 0.05) is 10.9 Å². The lowest BCUT2D eigenvalue weighted by Gasteiger charge is -2.13. The Kier molecular flexibility index (Phi) is 7.27. The zero-order chi connectivity index (χ0) is 15.0. The standard InChI is InChI=1S/C15H20BrN3O/c1-2-11(7-8-17)4-6-15(20)19-14-5-3-12(10-18)9-13(14)16/h3,5,9,11H,2,4,6-8,17H2,1H3,(H,19,20). The number of nitriles is 1. The van der Waals surface area contributed by atoms with Gasteiger partial charge in [-0.05, 0) is 59.4 Å². The second-order valence-electron chi connectivity index (χ2n) is 4.74. The van der Waals surface area contributed by atoms with Gasteiger partial charge in [0.2, 0.25) is 5.91 Å². The van der Waals surface area contributed by atoms with Crippen LogP contribution in [0.5, 0.6) is 0 Å². The van der Waals surface area contributed by atoms with Crippen molar-refractivity contribution in [3.05, 3.63) is 28.2 Å². The van der Waals surface area contributed by atoms with Gasteiger partial charge in [-0.15, -0.1) is 0 Å². The molecule has 0 heterocycles. The molecule has 0 aliphatic carbocycles. The Morgan fingerprint density at radius 3 is 2.80 bits per heavy atom. The number of rotatable bonds is 7. The Labute approximate surface area is 128 Å². The molecule has 1 aromatic carbocycles. The quantitative estimate of drug-likeness (QED) is 0.799. The summed E-state index contributed by atoms with van der Waals surface area (Å²) >= 11 is 3.35. The fourth-order valence-electron chi connectivity index (χ4n) is 2.02. The van der Waals surface area contributed by atoms with Crippen molar-refractivity contribution in [1.29, 1.82) is 5.26 Å². The Bertz CT molecular complexity index is 496. The first-order chi connectivity index (χ1) is 9.60. The Morgan fingerprint density at radius 2 is 2.25 bits per heavy atom. The first-order valence-electron chi connectivity index (χ1n) is 6.80. The average molecular weight is 338 g/mol. The van der Waals surface area contributed by atoms with Crippen LogP contribution in [0.4, 0.5) is 5.69 Å². The van der Waals surface area contributed by atoms with Crippen molar-refractivity contribution < 1.29 is 4.79 Å². The Balaban J connectivity index is 2.52. The van der Waals surface area contributed by atoms with Crippen molar-refractivity contribution in [3.8, 4) is 6.07 Å². The number of hydrogen-bond acceptors (Lipinski definition) is 3. The first kappa shape index (κ1) is 16.7. The molecule has 0 radical (unpaired) electrons. The number of nitrogens with one attached hydrogen (secondary N) is 1. The largest absolute Gasteiger partial charge is 0.330 e. The molecular formula is C15H20BrN3O. The third kappa shape index (κ3) is 5.32. The van der Waals surface area contributed by atoms with Gasteiger partial charge in [-0.1, -0.05) is 13.3 Å². The fraction of sp³-hybridized carbons (Fsp3) is 0.467. The molecule has 1 amide bonds. The second-order valence-corrected chi connectivity index (χ2v) is 5.60. The van der Waals surface area contributed by atoms with E-state index in [0.717, 1.165) is 23.7 Å². The van der Waals surface area contributed by atoms with Crippen molar-refractivity contribution >= 4 is 27.5 Å². The molecule has 5 heteroatoms. The van der Waals surface area contributed by atoms with Gasteiger partial charge in [-0.2, -0.15) is 5.26 Å². The molecule has 3 N–H and O–H groups in total. The summed E-state index contributed by atoms with van der Waals surface area (Å²) in [4.78, 5) is 11.9. The zero-order valence-electron chi connectivity index (χ0n) is 11.7. The number of nitrogens with two attached hydrogens (primary N) is 1. The lowest BCUT2D eigenvalue weighted by molar-refractivity contribution is -0.116. The molecule has 0 aliphatic heterocycles. The van der Waals surface area contributed by atoms with Crippen LogP contribution < -0.4 is 11.1 Å². The number of nitrogens with zero attached hydrogens (tertiary/aromatic N) is 1. The minimum absolute atomic E-state index is 0.00845. The molecule has 0 spiro atoms. The van der Waals surface area contributed by atoms with Gasteiger partial charge >= 0.3 is 0 Å². The van der Waals surface area contributed by atoms with Gasteiger partial charge in [0.15, 0.2) is 0 Å². The third-order valence-corrected chi connectivity index (χ3v) is 3.96. The maximum Gasteiger partial charge on any atom is 0.224 e. The number of benzene rings is 1. The molecule has 1 rings (SSSR count). The van der Waals surface area contributed by atoms with Crippen LogP contribution in [-0.2, 0) is 4.79 Å². The summed E-state index contributed by atoms with van der Waals surface area (Å²) in [5, 5.41) is 11.6.